The van der Waals surface area contributed by atoms with Crippen LogP contribution in [0.15, 0.2) is 30.3 Å². The highest BCUT2D eigenvalue weighted by molar-refractivity contribution is 5.96. The van der Waals surface area contributed by atoms with Crippen LogP contribution in [0.5, 0.6) is 0 Å². The number of aryl methyl sites for hydroxylation is 2. The molecule has 0 bridgehead atoms. The lowest BCUT2D eigenvalue weighted by Gasteiger charge is -2.17. The number of fused-ring (bicyclic) bond motifs is 1. The highest BCUT2D eigenvalue weighted by atomic mass is 16.2. The molecular weight excluding hydrogens is 356 g/mol. The minimum Gasteiger partial charge on any atom is -0.346 e. The number of H-pyrrole nitrogens is 1. The van der Waals surface area contributed by atoms with Crippen LogP contribution in [0.3, 0.4) is 0 Å². The van der Waals surface area contributed by atoms with Crippen molar-refractivity contribution in [2.45, 2.75) is 26.8 Å². The fourth-order valence-corrected chi connectivity index (χ4v) is 3.57. The fraction of sp³-hybridized carbons (Fsp3) is 0.350. The van der Waals surface area contributed by atoms with Crippen LogP contribution in [0, 0.1) is 19.8 Å². The van der Waals surface area contributed by atoms with Gasteiger partial charge in [-0.05, 0) is 38.0 Å². The molecule has 0 radical (unpaired) electrons. The molecule has 28 heavy (non-hydrogen) atoms. The molecule has 8 heteroatoms. The Bertz CT molecular complexity index is 1060. The Labute approximate surface area is 162 Å². The molecule has 144 valence electrons. The topological polar surface area (TPSA) is 104 Å². The average molecular weight is 378 g/mol. The van der Waals surface area contributed by atoms with Crippen LogP contribution in [0.2, 0.25) is 0 Å². The van der Waals surface area contributed by atoms with E-state index in [-0.39, 0.29) is 23.8 Å². The van der Waals surface area contributed by atoms with Crippen LogP contribution in [0.25, 0.3) is 10.9 Å². The molecular formula is C20H22N6O2. The maximum Gasteiger partial charge on any atom is 0.276 e. The Morgan fingerprint density at radius 1 is 1.14 bits per heavy atom. The van der Waals surface area contributed by atoms with Gasteiger partial charge in [0, 0.05) is 18.5 Å². The number of carbonyl (C=O) groups excluding carboxylic acids is 2. The zero-order valence-corrected chi connectivity index (χ0v) is 16.1. The molecule has 2 aromatic heterocycles. The second kappa shape index (κ2) is 7.03. The van der Waals surface area contributed by atoms with Crippen molar-refractivity contribution in [2.24, 2.45) is 5.92 Å². The Balaban J connectivity index is 1.46. The number of benzene rings is 1. The highest BCUT2D eigenvalue weighted by Crippen LogP contribution is 2.20. The number of carbonyl (C=O) groups is 2. The van der Waals surface area contributed by atoms with Crippen LogP contribution in [0.4, 0.5) is 0 Å². The molecule has 1 aliphatic heterocycles. The van der Waals surface area contributed by atoms with Gasteiger partial charge in [-0.3, -0.25) is 9.59 Å². The minimum atomic E-state index is -0.230. The number of nitrogens with zero attached hydrogens (tertiary/aromatic N) is 4. The number of nitrogens with one attached hydrogen (secondary N) is 2. The van der Waals surface area contributed by atoms with Gasteiger partial charge in [-0.2, -0.15) is 15.4 Å². The number of aromatic amines is 1. The molecule has 1 saturated heterocycles. The van der Waals surface area contributed by atoms with E-state index in [0.717, 1.165) is 16.5 Å². The summed E-state index contributed by atoms with van der Waals surface area (Å²) in [6, 6.07) is 9.44. The summed E-state index contributed by atoms with van der Waals surface area (Å²) < 4.78 is 0. The van der Waals surface area contributed by atoms with Crippen molar-refractivity contribution in [2.75, 3.05) is 13.1 Å². The van der Waals surface area contributed by atoms with Gasteiger partial charge < -0.3 is 10.2 Å². The average Bonchev–Trinajstić information content (AvgIpc) is 3.26. The van der Waals surface area contributed by atoms with Crippen LogP contribution in [-0.2, 0) is 0 Å². The zero-order valence-electron chi connectivity index (χ0n) is 16.1. The lowest BCUT2D eigenvalue weighted by Crippen LogP contribution is -2.40. The number of amides is 2. The normalized spacial score (nSPS) is 19.2. The van der Waals surface area contributed by atoms with Crippen molar-refractivity contribution in [3.05, 3.63) is 53.0 Å². The van der Waals surface area contributed by atoms with Gasteiger partial charge in [-0.1, -0.05) is 24.6 Å². The van der Waals surface area contributed by atoms with Gasteiger partial charge in [-0.15, -0.1) is 0 Å². The molecule has 4 rings (SSSR count). The maximum absolute atomic E-state index is 12.7. The van der Waals surface area contributed by atoms with Crippen LogP contribution in [-0.4, -0.2) is 56.2 Å². The second-order valence-corrected chi connectivity index (χ2v) is 7.42. The number of hydrogen-bond acceptors (Lipinski definition) is 5. The van der Waals surface area contributed by atoms with Crippen molar-refractivity contribution in [3.63, 3.8) is 0 Å². The van der Waals surface area contributed by atoms with E-state index in [1.54, 1.807) is 17.9 Å². The van der Waals surface area contributed by atoms with E-state index in [9.17, 15) is 9.59 Å². The van der Waals surface area contributed by atoms with Gasteiger partial charge in [0.25, 0.3) is 11.8 Å². The molecule has 1 fully saturated rings. The SMILES string of the molecule is Cc1ccc2nc(C(=O)NC3CN(C(=O)c4n[nH]nc4C)CC3C)ccc2c1. The molecule has 0 saturated carbocycles. The smallest absolute Gasteiger partial charge is 0.276 e. The Morgan fingerprint density at radius 2 is 1.96 bits per heavy atom. The van der Waals surface area contributed by atoms with Gasteiger partial charge >= 0.3 is 0 Å². The monoisotopic (exact) mass is 378 g/mol. The van der Waals surface area contributed by atoms with Crippen molar-refractivity contribution in [1.82, 2.24) is 30.6 Å². The molecule has 8 nitrogen and oxygen atoms in total. The van der Waals surface area contributed by atoms with Crippen molar-refractivity contribution in [1.29, 1.82) is 0 Å². The first-order valence-corrected chi connectivity index (χ1v) is 9.27. The summed E-state index contributed by atoms with van der Waals surface area (Å²) in [4.78, 5) is 31.5. The molecule has 2 amide bonds. The van der Waals surface area contributed by atoms with E-state index in [1.807, 2.05) is 38.1 Å². The maximum atomic E-state index is 12.7. The molecule has 1 aliphatic rings. The predicted molar refractivity (Wildman–Crippen MR) is 104 cm³/mol. The third kappa shape index (κ3) is 3.33. The Morgan fingerprint density at radius 3 is 2.71 bits per heavy atom. The van der Waals surface area contributed by atoms with Crippen LogP contribution >= 0.6 is 0 Å². The molecule has 3 aromatic rings. The van der Waals surface area contributed by atoms with E-state index in [4.69, 9.17) is 0 Å². The van der Waals surface area contributed by atoms with Crippen LogP contribution in [0.1, 0.15) is 39.2 Å². The van der Waals surface area contributed by atoms with Crippen molar-refractivity contribution in [3.8, 4) is 0 Å². The molecule has 3 heterocycles. The van der Waals surface area contributed by atoms with Gasteiger partial charge in [0.2, 0.25) is 0 Å². The first kappa shape index (κ1) is 18.1. The lowest BCUT2D eigenvalue weighted by molar-refractivity contribution is 0.0774. The fourth-order valence-electron chi connectivity index (χ4n) is 3.57. The van der Waals surface area contributed by atoms with Crippen molar-refractivity contribution < 1.29 is 9.59 Å². The molecule has 1 aromatic carbocycles. The summed E-state index contributed by atoms with van der Waals surface area (Å²) >= 11 is 0. The number of pyridine rings is 1. The zero-order chi connectivity index (χ0) is 19.8. The Hall–Kier alpha value is -3.29. The molecule has 0 aliphatic carbocycles. The lowest BCUT2D eigenvalue weighted by atomic mass is 10.1. The highest BCUT2D eigenvalue weighted by Gasteiger charge is 2.35. The van der Waals surface area contributed by atoms with Crippen LogP contribution < -0.4 is 5.32 Å². The summed E-state index contributed by atoms with van der Waals surface area (Å²) in [5.41, 5.74) is 3.21. The quantitative estimate of drug-likeness (QED) is 0.724. The van der Waals surface area contributed by atoms with E-state index >= 15 is 0 Å². The van der Waals surface area contributed by atoms with E-state index < -0.39 is 0 Å². The second-order valence-electron chi connectivity index (χ2n) is 7.42. The first-order chi connectivity index (χ1) is 13.4. The largest absolute Gasteiger partial charge is 0.346 e. The molecule has 2 atom stereocenters. The summed E-state index contributed by atoms with van der Waals surface area (Å²) in [6.07, 6.45) is 0. The number of hydrogen-bond donors (Lipinski definition) is 2. The summed E-state index contributed by atoms with van der Waals surface area (Å²) in [7, 11) is 0. The summed E-state index contributed by atoms with van der Waals surface area (Å²) in [5, 5.41) is 14.3. The first-order valence-electron chi connectivity index (χ1n) is 9.27. The standard InChI is InChI=1S/C20H22N6O2/c1-11-4-6-15-14(8-11)5-7-16(21-15)19(27)22-17-10-26(9-12(17)2)20(28)18-13(3)23-25-24-18/h4-8,12,17H,9-10H2,1-3H3,(H,22,27)(H,23,24,25). The summed E-state index contributed by atoms with van der Waals surface area (Å²) in [6.45, 7) is 6.77. The molecule has 0 spiro atoms. The molecule has 2 N–H and O–H groups in total. The summed E-state index contributed by atoms with van der Waals surface area (Å²) in [5.74, 6) is -0.275. The third-order valence-electron chi connectivity index (χ3n) is 5.22. The van der Waals surface area contributed by atoms with Crippen molar-refractivity contribution >= 4 is 22.7 Å². The minimum absolute atomic E-state index is 0.128. The van der Waals surface area contributed by atoms with Gasteiger partial charge in [0.05, 0.1) is 17.3 Å². The van der Waals surface area contributed by atoms with Gasteiger partial charge in [0.1, 0.15) is 5.69 Å². The Kier molecular flexibility index (Phi) is 4.54. The van der Waals surface area contributed by atoms with Gasteiger partial charge in [0.15, 0.2) is 5.69 Å². The third-order valence-corrected chi connectivity index (χ3v) is 5.22. The number of likely N-dealkylation sites (tertiary alicyclic amines) is 1. The number of aromatic nitrogens is 4. The molecule has 2 unspecified atom stereocenters. The van der Waals surface area contributed by atoms with Gasteiger partial charge in [-0.25, -0.2) is 4.98 Å². The number of rotatable bonds is 3. The van der Waals surface area contributed by atoms with E-state index in [1.165, 1.54) is 0 Å². The van der Waals surface area contributed by atoms with E-state index in [2.05, 4.69) is 25.7 Å². The van der Waals surface area contributed by atoms with E-state index in [0.29, 0.717) is 30.2 Å². The predicted octanol–water partition coefficient (Wildman–Crippen LogP) is 1.86.